The van der Waals surface area contributed by atoms with Crippen LogP contribution >= 0.6 is 0 Å². The van der Waals surface area contributed by atoms with Gasteiger partial charge in [-0.2, -0.15) is 0 Å². The van der Waals surface area contributed by atoms with Crippen molar-refractivity contribution < 1.29 is 14.0 Å². The summed E-state index contributed by atoms with van der Waals surface area (Å²) >= 11 is 0. The van der Waals surface area contributed by atoms with Gasteiger partial charge < -0.3 is 14.0 Å². The number of benzene rings is 2. The summed E-state index contributed by atoms with van der Waals surface area (Å²) in [7, 11) is 4.71. The normalized spacial score (nSPS) is 22.9. The van der Waals surface area contributed by atoms with E-state index in [1.54, 1.807) is 0 Å². The van der Waals surface area contributed by atoms with Gasteiger partial charge in [0.05, 0.1) is 20.6 Å². The molecular formula is C19H20NO2+. The second kappa shape index (κ2) is 4.05. The van der Waals surface area contributed by atoms with Crippen molar-refractivity contribution in [3.05, 3.63) is 47.0 Å². The van der Waals surface area contributed by atoms with Crippen LogP contribution in [0.2, 0.25) is 0 Å². The molecular weight excluding hydrogens is 274 g/mol. The van der Waals surface area contributed by atoms with E-state index in [1.807, 2.05) is 0 Å². The molecule has 1 atom stereocenters. The first-order valence-electron chi connectivity index (χ1n) is 8.01. The molecule has 0 saturated carbocycles. The Balaban J connectivity index is 1.89. The van der Waals surface area contributed by atoms with Gasteiger partial charge in [0.2, 0.25) is 6.79 Å². The van der Waals surface area contributed by atoms with Crippen molar-refractivity contribution in [3.8, 4) is 22.6 Å². The monoisotopic (exact) mass is 294 g/mol. The topological polar surface area (TPSA) is 18.5 Å². The molecule has 0 unspecified atom stereocenters. The number of hydrogen-bond acceptors (Lipinski definition) is 2. The van der Waals surface area contributed by atoms with Crippen LogP contribution in [0.1, 0.15) is 22.7 Å². The van der Waals surface area contributed by atoms with E-state index >= 15 is 0 Å². The standard InChI is InChI=1S/C19H20NO2/c1-20(2)8-7-13-10-16-19(22-11-21-16)18-14-6-4-3-5-12(14)9-15(20)17(13)18/h3-6,10,15H,7-9,11H2,1-2H3/q+1/t15-/m0/s1. The maximum atomic E-state index is 5.86. The Hall–Kier alpha value is -2.00. The molecule has 0 aromatic heterocycles. The second-order valence-corrected chi connectivity index (χ2v) is 7.19. The highest BCUT2D eigenvalue weighted by Crippen LogP contribution is 2.54. The predicted molar refractivity (Wildman–Crippen MR) is 85.1 cm³/mol. The van der Waals surface area contributed by atoms with Crippen molar-refractivity contribution in [2.45, 2.75) is 18.9 Å². The zero-order chi connectivity index (χ0) is 14.9. The van der Waals surface area contributed by atoms with Gasteiger partial charge in [0.1, 0.15) is 6.04 Å². The van der Waals surface area contributed by atoms with E-state index in [2.05, 4.69) is 44.4 Å². The van der Waals surface area contributed by atoms with Gasteiger partial charge >= 0.3 is 0 Å². The van der Waals surface area contributed by atoms with Gasteiger partial charge in [0, 0.05) is 24.0 Å². The van der Waals surface area contributed by atoms with Gasteiger partial charge in [-0.05, 0) is 22.8 Å². The molecule has 0 amide bonds. The summed E-state index contributed by atoms with van der Waals surface area (Å²) in [4.78, 5) is 0. The van der Waals surface area contributed by atoms with Gasteiger partial charge in [-0.15, -0.1) is 0 Å². The highest BCUT2D eigenvalue weighted by molar-refractivity contribution is 5.83. The molecule has 112 valence electrons. The maximum Gasteiger partial charge on any atom is 0.231 e. The van der Waals surface area contributed by atoms with Crippen LogP contribution in [0.3, 0.4) is 0 Å². The summed E-state index contributed by atoms with van der Waals surface area (Å²) < 4.78 is 12.6. The van der Waals surface area contributed by atoms with Crippen LogP contribution in [0.25, 0.3) is 11.1 Å². The second-order valence-electron chi connectivity index (χ2n) is 7.19. The van der Waals surface area contributed by atoms with E-state index in [0.717, 1.165) is 28.8 Å². The fourth-order valence-electron chi connectivity index (χ4n) is 4.38. The van der Waals surface area contributed by atoms with Crippen molar-refractivity contribution in [1.29, 1.82) is 0 Å². The molecule has 2 aromatic rings. The molecule has 2 heterocycles. The fraction of sp³-hybridized carbons (Fsp3) is 0.368. The third-order valence-corrected chi connectivity index (χ3v) is 5.62. The lowest BCUT2D eigenvalue weighted by Gasteiger charge is -2.45. The summed E-state index contributed by atoms with van der Waals surface area (Å²) in [6, 6.07) is 11.5. The zero-order valence-electron chi connectivity index (χ0n) is 13.1. The lowest BCUT2D eigenvalue weighted by molar-refractivity contribution is -0.923. The number of hydrogen-bond donors (Lipinski definition) is 0. The quantitative estimate of drug-likeness (QED) is 0.694. The molecule has 0 spiro atoms. The van der Waals surface area contributed by atoms with E-state index in [4.69, 9.17) is 9.47 Å². The van der Waals surface area contributed by atoms with Crippen molar-refractivity contribution in [2.24, 2.45) is 0 Å². The summed E-state index contributed by atoms with van der Waals surface area (Å²) in [6.07, 6.45) is 2.23. The Morgan fingerprint density at radius 2 is 1.95 bits per heavy atom. The first-order chi connectivity index (χ1) is 10.6. The van der Waals surface area contributed by atoms with E-state index < -0.39 is 0 Å². The van der Waals surface area contributed by atoms with Crippen LogP contribution in [-0.4, -0.2) is 31.9 Å². The molecule has 3 nitrogen and oxygen atoms in total. The average molecular weight is 294 g/mol. The van der Waals surface area contributed by atoms with Crippen LogP contribution in [0.5, 0.6) is 11.5 Å². The average Bonchev–Trinajstić information content (AvgIpc) is 2.98. The molecule has 1 aliphatic carbocycles. The predicted octanol–water partition coefficient (Wildman–Crippen LogP) is 3.31. The first-order valence-corrected chi connectivity index (χ1v) is 8.01. The SMILES string of the molecule is C[N+]1(C)CCc2cc3c(c4c2[C@@H]1Cc1ccccc1-4)OCO3. The van der Waals surface area contributed by atoms with Crippen molar-refractivity contribution in [2.75, 3.05) is 27.4 Å². The lowest BCUT2D eigenvalue weighted by atomic mass is 9.76. The minimum atomic E-state index is 0.344. The van der Waals surface area contributed by atoms with Crippen molar-refractivity contribution in [3.63, 3.8) is 0 Å². The minimum Gasteiger partial charge on any atom is -0.454 e. The number of fused-ring (bicyclic) bond motifs is 4. The van der Waals surface area contributed by atoms with Gasteiger partial charge in [-0.1, -0.05) is 24.3 Å². The Bertz CT molecular complexity index is 794. The van der Waals surface area contributed by atoms with Crippen molar-refractivity contribution in [1.82, 2.24) is 0 Å². The maximum absolute atomic E-state index is 5.86. The third-order valence-electron chi connectivity index (χ3n) is 5.62. The van der Waals surface area contributed by atoms with E-state index in [1.165, 1.54) is 34.4 Å². The minimum absolute atomic E-state index is 0.344. The highest BCUT2D eigenvalue weighted by Gasteiger charge is 2.43. The van der Waals surface area contributed by atoms with E-state index in [9.17, 15) is 0 Å². The number of rotatable bonds is 0. The van der Waals surface area contributed by atoms with Crippen LogP contribution in [0.15, 0.2) is 30.3 Å². The molecule has 3 heteroatoms. The summed E-state index contributed by atoms with van der Waals surface area (Å²) in [5, 5.41) is 0. The molecule has 0 fully saturated rings. The van der Waals surface area contributed by atoms with Gasteiger partial charge in [-0.25, -0.2) is 0 Å². The van der Waals surface area contributed by atoms with Crippen LogP contribution in [0.4, 0.5) is 0 Å². The fourth-order valence-corrected chi connectivity index (χ4v) is 4.38. The van der Waals surface area contributed by atoms with E-state index in [-0.39, 0.29) is 0 Å². The van der Waals surface area contributed by atoms with Crippen molar-refractivity contribution >= 4 is 0 Å². The van der Waals surface area contributed by atoms with Gasteiger partial charge in [-0.3, -0.25) is 0 Å². The smallest absolute Gasteiger partial charge is 0.231 e. The summed E-state index contributed by atoms with van der Waals surface area (Å²) in [6.45, 7) is 1.52. The van der Waals surface area contributed by atoms with Gasteiger partial charge in [0.15, 0.2) is 11.5 Å². The van der Waals surface area contributed by atoms with Crippen LogP contribution in [-0.2, 0) is 12.8 Å². The van der Waals surface area contributed by atoms with E-state index in [0.29, 0.717) is 12.8 Å². The molecule has 3 aliphatic rings. The van der Waals surface area contributed by atoms with Crippen LogP contribution < -0.4 is 9.47 Å². The molecule has 22 heavy (non-hydrogen) atoms. The number of quaternary nitrogens is 1. The van der Waals surface area contributed by atoms with Crippen LogP contribution in [0, 0.1) is 0 Å². The Labute approximate surface area is 130 Å². The zero-order valence-corrected chi connectivity index (χ0v) is 13.1. The molecule has 2 aromatic carbocycles. The molecule has 0 bridgehead atoms. The number of nitrogens with zero attached hydrogens (tertiary/aromatic N) is 1. The Morgan fingerprint density at radius 1 is 1.09 bits per heavy atom. The largest absolute Gasteiger partial charge is 0.454 e. The number of ether oxygens (including phenoxy) is 2. The molecule has 5 rings (SSSR count). The molecule has 0 radical (unpaired) electrons. The highest BCUT2D eigenvalue weighted by atomic mass is 16.7. The summed E-state index contributed by atoms with van der Waals surface area (Å²) in [5.41, 5.74) is 7.01. The third kappa shape index (κ3) is 1.49. The molecule has 2 aliphatic heterocycles. The molecule has 0 saturated heterocycles. The lowest BCUT2D eigenvalue weighted by Crippen LogP contribution is -2.49. The van der Waals surface area contributed by atoms with Gasteiger partial charge in [0.25, 0.3) is 0 Å². The summed E-state index contributed by atoms with van der Waals surface area (Å²) in [5.74, 6) is 1.88. The Morgan fingerprint density at radius 3 is 2.86 bits per heavy atom. The number of likely N-dealkylation sites (N-methyl/N-ethyl adjacent to an activating group) is 1. The first kappa shape index (κ1) is 12.5. The molecule has 0 N–H and O–H groups in total. The Kier molecular flexibility index (Phi) is 2.31.